The van der Waals surface area contributed by atoms with Crippen LogP contribution in [0.25, 0.3) is 0 Å². The molecule has 0 heterocycles. The molecule has 9 heteroatoms. The molecule has 2 atom stereocenters. The number of carboxylic acid groups (broad SMARTS) is 1. The first kappa shape index (κ1) is 71.5. The van der Waals surface area contributed by atoms with Crippen molar-refractivity contribution in [2.24, 2.45) is 0 Å². The second-order valence-electron chi connectivity index (χ2n) is 22.7. The lowest BCUT2D eigenvalue weighted by molar-refractivity contribution is -0.870. The smallest absolute Gasteiger partial charge is 0.361 e. The van der Waals surface area contributed by atoms with Crippen LogP contribution in [0.15, 0.2) is 36.5 Å². The van der Waals surface area contributed by atoms with E-state index in [1.165, 1.54) is 218 Å². The molecule has 2 unspecified atom stereocenters. The fourth-order valence-corrected chi connectivity index (χ4v) is 9.22. The zero-order valence-corrected chi connectivity index (χ0v) is 49.5. The lowest BCUT2D eigenvalue weighted by Gasteiger charge is -2.25. The van der Waals surface area contributed by atoms with E-state index in [0.29, 0.717) is 23.9 Å². The number of esters is 2. The Labute approximate surface area is 458 Å². The summed E-state index contributed by atoms with van der Waals surface area (Å²) in [4.78, 5) is 37.5. The van der Waals surface area contributed by atoms with E-state index in [1.807, 2.05) is 21.1 Å². The molecule has 0 aromatic heterocycles. The molecule has 0 saturated heterocycles. The molecule has 0 aliphatic rings. The van der Waals surface area contributed by atoms with E-state index in [4.69, 9.17) is 18.9 Å². The molecule has 0 aromatic carbocycles. The lowest BCUT2D eigenvalue weighted by Crippen LogP contribution is -2.40. The first-order chi connectivity index (χ1) is 36.1. The second-order valence-corrected chi connectivity index (χ2v) is 22.7. The van der Waals surface area contributed by atoms with E-state index in [9.17, 15) is 19.5 Å². The first-order valence-electron chi connectivity index (χ1n) is 31.7. The summed E-state index contributed by atoms with van der Waals surface area (Å²) >= 11 is 0. The number of carboxylic acids is 1. The molecular formula is C65H122NO8+. The van der Waals surface area contributed by atoms with Gasteiger partial charge in [-0.25, -0.2) is 4.79 Å². The van der Waals surface area contributed by atoms with Gasteiger partial charge in [0.2, 0.25) is 0 Å². The average molecular weight is 1050 g/mol. The van der Waals surface area contributed by atoms with Crippen molar-refractivity contribution in [2.45, 2.75) is 315 Å². The molecular weight excluding hydrogens is 923 g/mol. The maximum Gasteiger partial charge on any atom is 0.361 e. The molecule has 0 aromatic rings. The second kappa shape index (κ2) is 56.7. The van der Waals surface area contributed by atoms with Gasteiger partial charge in [0.05, 0.1) is 34.4 Å². The standard InChI is InChI=1S/C65H121NO8/c1-6-8-10-12-14-16-18-20-22-24-26-27-28-29-30-31-32-33-34-35-36-37-38-40-41-43-45-47-49-51-53-55-62(67)72-59-61(60-73-65(64(69)70)71-58-57-66(3,4)5)74-63(68)56-54-52-50-48-46-44-42-39-25-23-21-19-17-15-13-11-9-7-2/h17,19,23-26,61,65H,6-16,18,20-22,27-60H2,1-5H3/p+1/b19-17-,25-23-,26-24-. The zero-order chi connectivity index (χ0) is 54.1. The van der Waals surface area contributed by atoms with Crippen molar-refractivity contribution >= 4 is 17.9 Å². The highest BCUT2D eigenvalue weighted by atomic mass is 16.7. The van der Waals surface area contributed by atoms with Crippen molar-refractivity contribution in [2.75, 3.05) is 47.5 Å². The number of quaternary nitrogens is 1. The number of likely N-dealkylation sites (N-methyl/N-ethyl adjacent to an activating group) is 1. The number of rotatable bonds is 59. The summed E-state index contributed by atoms with van der Waals surface area (Å²) in [5, 5.41) is 9.71. The highest BCUT2D eigenvalue weighted by molar-refractivity contribution is 5.71. The molecule has 0 radical (unpaired) electrons. The van der Waals surface area contributed by atoms with Crippen LogP contribution in [-0.2, 0) is 33.3 Å². The Kier molecular flexibility index (Phi) is 54.8. The minimum atomic E-state index is -1.51. The van der Waals surface area contributed by atoms with Gasteiger partial charge in [0.1, 0.15) is 13.2 Å². The lowest BCUT2D eigenvalue weighted by atomic mass is 10.0. The van der Waals surface area contributed by atoms with Gasteiger partial charge in [-0.1, -0.05) is 256 Å². The molecule has 0 fully saturated rings. The van der Waals surface area contributed by atoms with Crippen molar-refractivity contribution < 1.29 is 42.9 Å². The van der Waals surface area contributed by atoms with Crippen LogP contribution in [0.2, 0.25) is 0 Å². The zero-order valence-electron chi connectivity index (χ0n) is 49.5. The quantitative estimate of drug-likeness (QED) is 0.0211. The molecule has 0 rings (SSSR count). The fraction of sp³-hybridized carbons (Fsp3) is 0.862. The Morgan fingerprint density at radius 3 is 1.09 bits per heavy atom. The van der Waals surface area contributed by atoms with Crippen molar-refractivity contribution in [1.82, 2.24) is 0 Å². The molecule has 1 N–H and O–H groups in total. The maximum absolute atomic E-state index is 12.9. The van der Waals surface area contributed by atoms with Crippen LogP contribution >= 0.6 is 0 Å². The molecule has 0 amide bonds. The van der Waals surface area contributed by atoms with Gasteiger partial charge in [-0.15, -0.1) is 0 Å². The average Bonchev–Trinajstić information content (AvgIpc) is 3.37. The van der Waals surface area contributed by atoms with Crippen LogP contribution in [0.5, 0.6) is 0 Å². The third-order valence-corrected chi connectivity index (χ3v) is 14.1. The Hall–Kier alpha value is -2.49. The topological polar surface area (TPSA) is 108 Å². The molecule has 0 aliphatic carbocycles. The van der Waals surface area contributed by atoms with Gasteiger partial charge in [-0.05, 0) is 70.6 Å². The number of unbranched alkanes of at least 4 members (excludes halogenated alkanes) is 38. The van der Waals surface area contributed by atoms with Gasteiger partial charge in [0.25, 0.3) is 6.29 Å². The molecule has 74 heavy (non-hydrogen) atoms. The van der Waals surface area contributed by atoms with Gasteiger partial charge < -0.3 is 28.5 Å². The summed E-state index contributed by atoms with van der Waals surface area (Å²) in [7, 11) is 5.97. The normalized spacial score (nSPS) is 12.9. The Balaban J connectivity index is 4.09. The minimum Gasteiger partial charge on any atom is -0.477 e. The molecule has 0 saturated carbocycles. The van der Waals surface area contributed by atoms with Crippen LogP contribution in [0.3, 0.4) is 0 Å². The maximum atomic E-state index is 12.9. The number of allylic oxidation sites excluding steroid dienone is 6. The van der Waals surface area contributed by atoms with Gasteiger partial charge in [-0.2, -0.15) is 0 Å². The molecule has 9 nitrogen and oxygen atoms in total. The highest BCUT2D eigenvalue weighted by Gasteiger charge is 2.25. The number of hydrogen-bond acceptors (Lipinski definition) is 7. The summed E-state index contributed by atoms with van der Waals surface area (Å²) in [6.07, 6.45) is 66.7. The van der Waals surface area contributed by atoms with Gasteiger partial charge in [-0.3, -0.25) is 9.59 Å². The number of carbonyl (C=O) groups excluding carboxylic acids is 2. The molecule has 0 spiro atoms. The van der Waals surface area contributed by atoms with Crippen LogP contribution in [-0.4, -0.2) is 87.4 Å². The largest absolute Gasteiger partial charge is 0.477 e. The van der Waals surface area contributed by atoms with Gasteiger partial charge in [0.15, 0.2) is 6.10 Å². The fourth-order valence-electron chi connectivity index (χ4n) is 9.22. The van der Waals surface area contributed by atoms with Crippen LogP contribution in [0, 0.1) is 0 Å². The van der Waals surface area contributed by atoms with E-state index in [-0.39, 0.29) is 32.2 Å². The first-order valence-corrected chi connectivity index (χ1v) is 31.7. The summed E-state index contributed by atoms with van der Waals surface area (Å²) in [5.74, 6) is -2.00. The molecule has 0 aliphatic heterocycles. The van der Waals surface area contributed by atoms with Gasteiger partial charge >= 0.3 is 17.9 Å². The summed E-state index contributed by atoms with van der Waals surface area (Å²) < 4.78 is 22.9. The Bertz CT molecular complexity index is 1310. The van der Waals surface area contributed by atoms with Crippen LogP contribution in [0.1, 0.15) is 303 Å². The number of aliphatic carboxylic acids is 1. The summed E-state index contributed by atoms with van der Waals surface area (Å²) in [5.41, 5.74) is 0. The van der Waals surface area contributed by atoms with E-state index in [0.717, 1.165) is 51.4 Å². The predicted octanol–water partition coefficient (Wildman–Crippen LogP) is 18.9. The van der Waals surface area contributed by atoms with Crippen molar-refractivity contribution in [3.8, 4) is 0 Å². The van der Waals surface area contributed by atoms with Crippen LogP contribution < -0.4 is 0 Å². The number of carbonyl (C=O) groups is 3. The molecule has 434 valence electrons. The van der Waals surface area contributed by atoms with E-state index >= 15 is 0 Å². The summed E-state index contributed by atoms with van der Waals surface area (Å²) in [6.45, 7) is 4.89. The van der Waals surface area contributed by atoms with Crippen molar-refractivity contribution in [3.63, 3.8) is 0 Å². The third-order valence-electron chi connectivity index (χ3n) is 14.1. The molecule has 0 bridgehead atoms. The van der Waals surface area contributed by atoms with E-state index in [1.54, 1.807) is 0 Å². The third kappa shape index (κ3) is 57.2. The van der Waals surface area contributed by atoms with Gasteiger partial charge in [0, 0.05) is 12.8 Å². The SMILES string of the molecule is CCCCCC/C=C\C/C=C\CCCCCCCCCC(=O)OC(COC(=O)CCCCCCCCCCCCCCCCCCCCC/C=C\CCCCCCCCCC)COC(OCC[N+](C)(C)C)C(=O)O. The Morgan fingerprint density at radius 2 is 0.730 bits per heavy atom. The van der Waals surface area contributed by atoms with Crippen LogP contribution in [0.4, 0.5) is 0 Å². The number of ether oxygens (including phenoxy) is 4. The summed E-state index contributed by atoms with van der Waals surface area (Å²) in [6, 6.07) is 0. The van der Waals surface area contributed by atoms with E-state index < -0.39 is 24.3 Å². The predicted molar refractivity (Wildman–Crippen MR) is 314 cm³/mol. The monoisotopic (exact) mass is 1040 g/mol. The van der Waals surface area contributed by atoms with Crippen molar-refractivity contribution in [1.29, 1.82) is 0 Å². The number of nitrogens with zero attached hydrogens (tertiary/aromatic N) is 1. The minimum absolute atomic E-state index is 0.182. The van der Waals surface area contributed by atoms with Crippen molar-refractivity contribution in [3.05, 3.63) is 36.5 Å². The Morgan fingerprint density at radius 1 is 0.405 bits per heavy atom. The number of hydrogen-bond donors (Lipinski definition) is 1. The van der Waals surface area contributed by atoms with E-state index in [2.05, 4.69) is 50.3 Å². The highest BCUT2D eigenvalue weighted by Crippen LogP contribution is 2.17.